The van der Waals surface area contributed by atoms with Gasteiger partial charge in [0.25, 0.3) is 0 Å². The van der Waals surface area contributed by atoms with Crippen molar-refractivity contribution < 1.29 is 0 Å². The second kappa shape index (κ2) is 4.82. The van der Waals surface area contributed by atoms with Crippen molar-refractivity contribution in [2.24, 2.45) is 5.73 Å². The number of rotatable bonds is 2. The maximum absolute atomic E-state index is 11.4. The van der Waals surface area contributed by atoms with Crippen LogP contribution >= 0.6 is 0 Å². The zero-order chi connectivity index (χ0) is 15.0. The van der Waals surface area contributed by atoms with Crippen molar-refractivity contribution in [1.82, 2.24) is 9.97 Å². The first-order chi connectivity index (χ1) is 9.95. The first-order valence-corrected chi connectivity index (χ1v) is 6.83. The molecule has 0 aliphatic heterocycles. The van der Waals surface area contributed by atoms with E-state index in [2.05, 4.69) is 9.97 Å². The van der Waals surface area contributed by atoms with Crippen LogP contribution < -0.4 is 11.3 Å². The minimum Gasteiger partial charge on any atom is -0.322 e. The third-order valence-electron chi connectivity index (χ3n) is 3.57. The number of hydrogen-bond donors (Lipinski definition) is 2. The Morgan fingerprint density at radius 3 is 2.43 bits per heavy atom. The molecule has 0 aliphatic carbocycles. The van der Waals surface area contributed by atoms with Crippen LogP contribution in [0.25, 0.3) is 22.2 Å². The average molecular weight is 279 g/mol. The summed E-state index contributed by atoms with van der Waals surface area (Å²) in [5.41, 5.74) is 9.39. The number of H-pyrrole nitrogens is 1. The maximum Gasteiger partial charge on any atom is 0.249 e. The van der Waals surface area contributed by atoms with Gasteiger partial charge in [-0.1, -0.05) is 24.3 Å². The third kappa shape index (κ3) is 2.58. The first kappa shape index (κ1) is 13.5. The highest BCUT2D eigenvalue weighted by Gasteiger charge is 2.14. The highest BCUT2D eigenvalue weighted by molar-refractivity contribution is 5.92. The van der Waals surface area contributed by atoms with E-state index in [9.17, 15) is 4.79 Å². The van der Waals surface area contributed by atoms with Gasteiger partial charge in [0.05, 0.1) is 0 Å². The predicted octanol–water partition coefficient (Wildman–Crippen LogP) is 2.78. The van der Waals surface area contributed by atoms with Gasteiger partial charge in [-0.15, -0.1) is 0 Å². The van der Waals surface area contributed by atoms with Gasteiger partial charge < -0.3 is 10.7 Å². The molecular formula is C17H17N3O. The van der Waals surface area contributed by atoms with Crippen LogP contribution in [0, 0.1) is 0 Å². The molecule has 3 aromatic rings. The Kier molecular flexibility index (Phi) is 3.11. The van der Waals surface area contributed by atoms with Crippen molar-refractivity contribution in [3.63, 3.8) is 0 Å². The van der Waals surface area contributed by atoms with Gasteiger partial charge in [-0.05, 0) is 42.7 Å². The molecule has 0 fully saturated rings. The molecule has 2 heterocycles. The number of fused-ring (bicyclic) bond motifs is 1. The Morgan fingerprint density at radius 1 is 1.05 bits per heavy atom. The summed E-state index contributed by atoms with van der Waals surface area (Å²) in [6.45, 7) is 3.96. The van der Waals surface area contributed by atoms with Crippen molar-refractivity contribution >= 4 is 11.0 Å². The van der Waals surface area contributed by atoms with Crippen LogP contribution in [0.5, 0.6) is 0 Å². The number of nitrogens with zero attached hydrogens (tertiary/aromatic N) is 1. The topological polar surface area (TPSA) is 71.8 Å². The largest absolute Gasteiger partial charge is 0.322 e. The normalized spacial score (nSPS) is 11.8. The van der Waals surface area contributed by atoms with Crippen molar-refractivity contribution in [3.05, 3.63) is 64.6 Å². The van der Waals surface area contributed by atoms with E-state index >= 15 is 0 Å². The third-order valence-corrected chi connectivity index (χ3v) is 3.57. The number of aromatic amines is 1. The van der Waals surface area contributed by atoms with Crippen LogP contribution in [0.2, 0.25) is 0 Å². The first-order valence-electron chi connectivity index (χ1n) is 6.83. The maximum atomic E-state index is 11.4. The van der Waals surface area contributed by atoms with E-state index in [0.29, 0.717) is 5.65 Å². The molecule has 0 saturated carbocycles. The number of nitrogens with two attached hydrogens (primary N) is 1. The lowest BCUT2D eigenvalue weighted by molar-refractivity contribution is 0.554. The summed E-state index contributed by atoms with van der Waals surface area (Å²) < 4.78 is 0. The van der Waals surface area contributed by atoms with Crippen LogP contribution in [-0.4, -0.2) is 9.97 Å². The van der Waals surface area contributed by atoms with Crippen LogP contribution in [0.1, 0.15) is 19.4 Å². The molecule has 2 aromatic heterocycles. The highest BCUT2D eigenvalue weighted by Crippen LogP contribution is 2.27. The van der Waals surface area contributed by atoms with E-state index in [0.717, 1.165) is 22.1 Å². The Hall–Kier alpha value is -2.46. The zero-order valence-corrected chi connectivity index (χ0v) is 12.1. The molecule has 0 bridgehead atoms. The monoisotopic (exact) mass is 279 g/mol. The standard InChI is InChI=1S/C17H17N3O/c1-17(2,18)12-5-3-11(4-6-12)13-9-10-19-16-14(13)7-8-15(21)20-16/h3-10H,18H2,1-2H3,(H,19,20,21). The zero-order valence-electron chi connectivity index (χ0n) is 12.1. The molecule has 0 radical (unpaired) electrons. The minimum atomic E-state index is -0.357. The highest BCUT2D eigenvalue weighted by atomic mass is 16.1. The number of pyridine rings is 2. The molecule has 3 N–H and O–H groups in total. The summed E-state index contributed by atoms with van der Waals surface area (Å²) >= 11 is 0. The lowest BCUT2D eigenvalue weighted by atomic mass is 9.93. The van der Waals surface area contributed by atoms with Crippen LogP contribution in [0.15, 0.2) is 53.5 Å². The fraction of sp³-hybridized carbons (Fsp3) is 0.176. The molecule has 0 aliphatic rings. The van der Waals surface area contributed by atoms with Crippen LogP contribution in [0.4, 0.5) is 0 Å². The van der Waals surface area contributed by atoms with E-state index in [1.807, 2.05) is 44.2 Å². The molecule has 106 valence electrons. The van der Waals surface area contributed by atoms with E-state index in [-0.39, 0.29) is 11.1 Å². The average Bonchev–Trinajstić information content (AvgIpc) is 2.45. The molecule has 4 heteroatoms. The van der Waals surface area contributed by atoms with Gasteiger partial charge in [0, 0.05) is 23.2 Å². The predicted molar refractivity (Wildman–Crippen MR) is 85.0 cm³/mol. The van der Waals surface area contributed by atoms with Crippen molar-refractivity contribution in [1.29, 1.82) is 0 Å². The Labute approximate surface area is 122 Å². The van der Waals surface area contributed by atoms with Gasteiger partial charge in [-0.25, -0.2) is 4.98 Å². The second-order valence-corrected chi connectivity index (χ2v) is 5.74. The summed E-state index contributed by atoms with van der Waals surface area (Å²) in [4.78, 5) is 18.3. The Bertz CT molecular complexity index is 842. The number of nitrogens with one attached hydrogen (secondary N) is 1. The van der Waals surface area contributed by atoms with Crippen LogP contribution in [0.3, 0.4) is 0 Å². The molecule has 4 nitrogen and oxygen atoms in total. The minimum absolute atomic E-state index is 0.146. The SMILES string of the molecule is CC(C)(N)c1ccc(-c2ccnc3[nH]c(=O)ccc23)cc1. The van der Waals surface area contributed by atoms with Gasteiger partial charge in [-0.2, -0.15) is 0 Å². The van der Waals surface area contributed by atoms with Gasteiger partial charge in [-0.3, -0.25) is 4.79 Å². The van der Waals surface area contributed by atoms with Crippen LogP contribution in [-0.2, 0) is 5.54 Å². The van der Waals surface area contributed by atoms with Gasteiger partial charge in [0.1, 0.15) is 5.65 Å². The number of hydrogen-bond acceptors (Lipinski definition) is 3. The Balaban J connectivity index is 2.14. The van der Waals surface area contributed by atoms with E-state index in [1.165, 1.54) is 6.07 Å². The van der Waals surface area contributed by atoms with Crippen molar-refractivity contribution in [3.8, 4) is 11.1 Å². The molecule has 0 unspecified atom stereocenters. The Morgan fingerprint density at radius 2 is 1.76 bits per heavy atom. The smallest absolute Gasteiger partial charge is 0.249 e. The molecule has 0 saturated heterocycles. The quantitative estimate of drug-likeness (QED) is 0.757. The molecule has 0 atom stereocenters. The van der Waals surface area contributed by atoms with Gasteiger partial charge >= 0.3 is 0 Å². The summed E-state index contributed by atoms with van der Waals surface area (Å²) in [7, 11) is 0. The molecular weight excluding hydrogens is 262 g/mol. The van der Waals surface area contributed by atoms with E-state index < -0.39 is 0 Å². The lowest BCUT2D eigenvalue weighted by Gasteiger charge is -2.19. The molecule has 1 aromatic carbocycles. The van der Waals surface area contributed by atoms with E-state index in [4.69, 9.17) is 5.73 Å². The fourth-order valence-electron chi connectivity index (χ4n) is 2.39. The molecule has 3 rings (SSSR count). The fourth-order valence-corrected chi connectivity index (χ4v) is 2.39. The second-order valence-electron chi connectivity index (χ2n) is 5.74. The molecule has 0 amide bonds. The van der Waals surface area contributed by atoms with Crippen molar-refractivity contribution in [2.75, 3.05) is 0 Å². The molecule has 21 heavy (non-hydrogen) atoms. The molecule has 0 spiro atoms. The van der Waals surface area contributed by atoms with E-state index in [1.54, 1.807) is 12.3 Å². The summed E-state index contributed by atoms with van der Waals surface area (Å²) in [6.07, 6.45) is 1.70. The summed E-state index contributed by atoms with van der Waals surface area (Å²) in [5, 5.41) is 0.928. The number of benzene rings is 1. The number of aromatic nitrogens is 2. The van der Waals surface area contributed by atoms with Gasteiger partial charge in [0.15, 0.2) is 0 Å². The van der Waals surface area contributed by atoms with Crippen molar-refractivity contribution in [2.45, 2.75) is 19.4 Å². The van der Waals surface area contributed by atoms with Gasteiger partial charge in [0.2, 0.25) is 5.56 Å². The lowest BCUT2D eigenvalue weighted by Crippen LogP contribution is -2.28. The summed E-state index contributed by atoms with van der Waals surface area (Å²) in [5.74, 6) is 0. The summed E-state index contributed by atoms with van der Waals surface area (Å²) in [6, 6.07) is 13.4.